The average molecular weight is 497 g/mol. The maximum atomic E-state index is 12.8. The van der Waals surface area contributed by atoms with Crippen molar-refractivity contribution < 1.29 is 14.3 Å². The number of carbonyl (C=O) groups excluding carboxylic acids is 2. The number of hydrogen-bond acceptors (Lipinski definition) is 4. The number of urea groups is 1. The van der Waals surface area contributed by atoms with E-state index in [4.69, 9.17) is 4.74 Å². The number of hydrazine groups is 1. The summed E-state index contributed by atoms with van der Waals surface area (Å²) in [5.41, 5.74) is 7.30. The molecule has 7 heteroatoms. The van der Waals surface area contributed by atoms with Gasteiger partial charge < -0.3 is 10.1 Å². The average Bonchev–Trinajstić information content (AvgIpc) is 2.91. The molecule has 7 nitrogen and oxygen atoms in total. The van der Waals surface area contributed by atoms with Gasteiger partial charge in [0.25, 0.3) is 0 Å². The summed E-state index contributed by atoms with van der Waals surface area (Å²) in [6, 6.07) is 25.0. The van der Waals surface area contributed by atoms with Gasteiger partial charge in [-0.2, -0.15) is 0 Å². The molecule has 3 atom stereocenters. The Morgan fingerprint density at radius 1 is 0.865 bits per heavy atom. The maximum Gasteiger partial charge on any atom is 0.417 e. The second-order valence-corrected chi connectivity index (χ2v) is 10.4. The fourth-order valence-corrected chi connectivity index (χ4v) is 6.77. The van der Waals surface area contributed by atoms with Crippen LogP contribution >= 0.6 is 0 Å². The Hall–Kier alpha value is -3.84. The molecular formula is C30H32N4O3. The maximum absolute atomic E-state index is 12.8. The Kier molecular flexibility index (Phi) is 6.30. The van der Waals surface area contributed by atoms with E-state index in [9.17, 15) is 9.59 Å². The number of benzene rings is 3. The summed E-state index contributed by atoms with van der Waals surface area (Å²) in [7, 11) is 0. The normalized spacial score (nSPS) is 24.2. The number of ether oxygens (including phenoxy) is 1. The predicted molar refractivity (Wildman–Crippen MR) is 144 cm³/mol. The number of nitrogens with zero attached hydrogens (tertiary/aromatic N) is 1. The van der Waals surface area contributed by atoms with Crippen molar-refractivity contribution in [3.05, 3.63) is 90.0 Å². The van der Waals surface area contributed by atoms with Crippen LogP contribution in [-0.2, 0) is 11.8 Å². The Morgan fingerprint density at radius 3 is 2.35 bits per heavy atom. The van der Waals surface area contributed by atoms with Crippen LogP contribution in [0.25, 0.3) is 0 Å². The lowest BCUT2D eigenvalue weighted by Crippen LogP contribution is -2.65. The number of anilines is 2. The van der Waals surface area contributed by atoms with Gasteiger partial charge in [0, 0.05) is 29.4 Å². The molecule has 1 heterocycles. The van der Waals surface area contributed by atoms with Crippen molar-refractivity contribution >= 4 is 23.5 Å². The lowest BCUT2D eigenvalue weighted by atomic mass is 9.52. The van der Waals surface area contributed by atoms with Crippen LogP contribution in [0, 0.1) is 5.92 Å². The highest BCUT2D eigenvalue weighted by atomic mass is 16.6. The van der Waals surface area contributed by atoms with Crippen LogP contribution in [0.3, 0.4) is 0 Å². The van der Waals surface area contributed by atoms with Gasteiger partial charge in [-0.05, 0) is 79.1 Å². The molecule has 2 aliphatic carbocycles. The van der Waals surface area contributed by atoms with Gasteiger partial charge in [-0.1, -0.05) is 55.3 Å². The summed E-state index contributed by atoms with van der Waals surface area (Å²) < 4.78 is 5.70. The van der Waals surface area contributed by atoms with Crippen LogP contribution in [0.15, 0.2) is 78.9 Å². The highest BCUT2D eigenvalue weighted by Gasteiger charge is 2.54. The molecule has 3 N–H and O–H groups in total. The number of fused-ring (bicyclic) bond motifs is 1. The fourth-order valence-electron chi connectivity index (χ4n) is 6.77. The second kappa shape index (κ2) is 9.90. The van der Waals surface area contributed by atoms with Crippen LogP contribution in [0.1, 0.15) is 43.2 Å². The van der Waals surface area contributed by atoms with Crippen molar-refractivity contribution in [3.63, 3.8) is 0 Å². The molecule has 3 aromatic rings. The molecule has 2 fully saturated rings. The predicted octanol–water partition coefficient (Wildman–Crippen LogP) is 6.09. The van der Waals surface area contributed by atoms with Crippen molar-refractivity contribution in [1.82, 2.24) is 10.4 Å². The highest BCUT2D eigenvalue weighted by Crippen LogP contribution is 2.56. The summed E-state index contributed by atoms with van der Waals surface area (Å²) in [5, 5.41) is 7.91. The topological polar surface area (TPSA) is 82.7 Å². The molecule has 3 aliphatic rings. The Bertz CT molecular complexity index is 1280. The Balaban J connectivity index is 1.21. The summed E-state index contributed by atoms with van der Waals surface area (Å²) in [6.45, 7) is 0.794. The molecule has 1 saturated carbocycles. The van der Waals surface area contributed by atoms with Gasteiger partial charge in [0.05, 0.1) is 0 Å². The standard InChI is InChI=1S/C30H32N4O3/c35-28(31-22-9-3-1-4-10-22)33-34-18-17-30-16-8-7-13-25(30)27(34)19-21-14-15-24(20-26(21)30)37-29(36)32-23-11-5-2-6-12-23/h1-6,9-12,14-15,20,25,27H,7-8,13,16-19H2,(H,32,36)(H2,31,33,35)/t25-,27+,30+/m0/s1. The summed E-state index contributed by atoms with van der Waals surface area (Å²) in [5.74, 6) is 1.03. The first-order valence-electron chi connectivity index (χ1n) is 13.2. The van der Waals surface area contributed by atoms with Gasteiger partial charge >= 0.3 is 12.1 Å². The van der Waals surface area contributed by atoms with Crippen molar-refractivity contribution in [2.45, 2.75) is 50.0 Å². The van der Waals surface area contributed by atoms with Gasteiger partial charge in [-0.25, -0.2) is 14.6 Å². The van der Waals surface area contributed by atoms with Crippen molar-refractivity contribution in [1.29, 1.82) is 0 Å². The van der Waals surface area contributed by atoms with Gasteiger partial charge in [-0.3, -0.25) is 10.7 Å². The Labute approximate surface area is 217 Å². The van der Waals surface area contributed by atoms with Crippen LogP contribution in [0.4, 0.5) is 21.0 Å². The molecule has 0 radical (unpaired) electrons. The van der Waals surface area contributed by atoms with Crippen LogP contribution < -0.4 is 20.8 Å². The number of piperidine rings is 1. The minimum Gasteiger partial charge on any atom is -0.410 e. The van der Waals surface area contributed by atoms with Crippen molar-refractivity contribution in [2.75, 3.05) is 17.2 Å². The third kappa shape index (κ3) is 4.67. The zero-order chi connectivity index (χ0) is 25.2. The third-order valence-electron chi connectivity index (χ3n) is 8.32. The van der Waals surface area contributed by atoms with E-state index in [0.717, 1.165) is 37.9 Å². The minimum absolute atomic E-state index is 0.0554. The van der Waals surface area contributed by atoms with E-state index in [1.165, 1.54) is 24.0 Å². The molecule has 3 amide bonds. The van der Waals surface area contributed by atoms with Gasteiger partial charge in [0.2, 0.25) is 0 Å². The molecular weight excluding hydrogens is 464 g/mol. The molecule has 0 spiro atoms. The van der Waals surface area contributed by atoms with Crippen LogP contribution in [0.5, 0.6) is 5.75 Å². The van der Waals surface area contributed by atoms with Gasteiger partial charge in [-0.15, -0.1) is 0 Å². The molecule has 6 rings (SSSR count). The van der Waals surface area contributed by atoms with E-state index in [1.54, 1.807) is 0 Å². The number of hydrogen-bond donors (Lipinski definition) is 3. The number of carbonyl (C=O) groups is 2. The van der Waals surface area contributed by atoms with Gasteiger partial charge in [0.15, 0.2) is 0 Å². The largest absolute Gasteiger partial charge is 0.417 e. The van der Waals surface area contributed by atoms with Gasteiger partial charge in [0.1, 0.15) is 5.75 Å². The van der Waals surface area contributed by atoms with E-state index < -0.39 is 6.09 Å². The summed E-state index contributed by atoms with van der Waals surface area (Å²) in [4.78, 5) is 25.3. The first-order valence-corrected chi connectivity index (χ1v) is 13.2. The van der Waals surface area contributed by atoms with Crippen LogP contribution in [-0.4, -0.2) is 29.7 Å². The van der Waals surface area contributed by atoms with E-state index >= 15 is 0 Å². The molecule has 190 valence electrons. The number of para-hydroxylation sites is 2. The zero-order valence-electron chi connectivity index (χ0n) is 20.8. The minimum atomic E-state index is -0.485. The molecule has 0 unspecified atom stereocenters. The molecule has 1 aliphatic heterocycles. The fraction of sp³-hybridized carbons (Fsp3) is 0.333. The highest BCUT2D eigenvalue weighted by molar-refractivity contribution is 5.89. The molecule has 1 saturated heterocycles. The molecule has 37 heavy (non-hydrogen) atoms. The van der Waals surface area contributed by atoms with E-state index in [0.29, 0.717) is 17.4 Å². The van der Waals surface area contributed by atoms with Crippen molar-refractivity contribution in [2.24, 2.45) is 5.92 Å². The monoisotopic (exact) mass is 496 g/mol. The zero-order valence-corrected chi connectivity index (χ0v) is 20.8. The Morgan fingerprint density at radius 2 is 1.59 bits per heavy atom. The lowest BCUT2D eigenvalue weighted by molar-refractivity contribution is -0.0298. The first kappa shape index (κ1) is 23.6. The summed E-state index contributed by atoms with van der Waals surface area (Å²) in [6.07, 6.45) is 6.02. The lowest BCUT2D eigenvalue weighted by Gasteiger charge is -2.58. The quantitative estimate of drug-likeness (QED) is 0.408. The molecule has 0 aromatic heterocycles. The van der Waals surface area contributed by atoms with E-state index in [1.807, 2.05) is 66.7 Å². The first-order chi connectivity index (χ1) is 18.1. The number of rotatable bonds is 4. The number of nitrogens with one attached hydrogen (secondary N) is 3. The van der Waals surface area contributed by atoms with E-state index in [-0.39, 0.29) is 17.5 Å². The third-order valence-corrected chi connectivity index (χ3v) is 8.32. The van der Waals surface area contributed by atoms with Crippen LogP contribution in [0.2, 0.25) is 0 Å². The molecule has 3 aromatic carbocycles. The number of amides is 3. The SMILES string of the molecule is O=C(Nc1ccccc1)NN1CC[C@]23CCCC[C@H]2[C@H]1Cc1ccc(OC(=O)Nc2ccccc2)cc13. The smallest absolute Gasteiger partial charge is 0.410 e. The summed E-state index contributed by atoms with van der Waals surface area (Å²) >= 11 is 0. The second-order valence-electron chi connectivity index (χ2n) is 10.4. The van der Waals surface area contributed by atoms with E-state index in [2.05, 4.69) is 33.2 Å². The molecule has 2 bridgehead atoms. The van der Waals surface area contributed by atoms with Crippen molar-refractivity contribution in [3.8, 4) is 5.75 Å².